The molecule has 0 saturated carbocycles. The molecule has 8 N–H and O–H groups in total. The normalized spacial score (nSPS) is 12.8. The quantitative estimate of drug-likeness (QED) is 0.0454. The Hall–Kier alpha value is -5.59. The fraction of sp³-hybridized carbons (Fsp3) is 0.400. The molecule has 0 radical (unpaired) electrons. The van der Waals surface area contributed by atoms with Crippen molar-refractivity contribution in [3.63, 3.8) is 0 Å². The van der Waals surface area contributed by atoms with E-state index in [0.29, 0.717) is 18.6 Å². The molecule has 0 fully saturated rings. The Labute approximate surface area is 426 Å². The average molecular weight is 1020 g/mol. The first-order valence-corrected chi connectivity index (χ1v) is 25.8. The third kappa shape index (κ3) is 30.0. The third-order valence-corrected chi connectivity index (χ3v) is 11.8. The van der Waals surface area contributed by atoms with Gasteiger partial charge in [0.1, 0.15) is 11.2 Å². The first kappa shape index (κ1) is 61.5. The molecule has 0 heterocycles. The number of aryl methyl sites for hydroxylation is 1. The molecule has 5 aromatic carbocycles. The molecular weight excluding hydrogens is 941 g/mol. The van der Waals surface area contributed by atoms with Gasteiger partial charge in [0.15, 0.2) is 5.12 Å². The van der Waals surface area contributed by atoms with E-state index in [4.69, 9.17) is 30.2 Å². The molecule has 14 nitrogen and oxygen atoms in total. The summed E-state index contributed by atoms with van der Waals surface area (Å²) in [7, 11) is -3.93. The number of hydrogen-bond acceptors (Lipinski definition) is 13. The Morgan fingerprint density at radius 3 is 1.30 bits per heavy atom. The van der Waals surface area contributed by atoms with Gasteiger partial charge in [0.05, 0.1) is 36.8 Å². The fourth-order valence-electron chi connectivity index (χ4n) is 6.18. The van der Waals surface area contributed by atoms with Gasteiger partial charge in [-0.05, 0) is 109 Å². The summed E-state index contributed by atoms with van der Waals surface area (Å²) in [5.74, 6) is 0.699. The maximum atomic E-state index is 12.4. The summed E-state index contributed by atoms with van der Waals surface area (Å²) < 4.78 is 40.5. The van der Waals surface area contributed by atoms with Gasteiger partial charge in [0.25, 0.3) is 10.1 Å². The Kier molecular flexibility index (Phi) is 28.1. The van der Waals surface area contributed by atoms with Crippen LogP contribution in [0, 0.1) is 6.92 Å². The maximum Gasteiger partial charge on any atom is 0.407 e. The van der Waals surface area contributed by atoms with Gasteiger partial charge in [-0.2, -0.15) is 8.42 Å². The molecule has 5 aromatic rings. The molecular formula is C55H76N4O10S2. The number of alkyl carbamates (subject to hydrolysis) is 2. The highest BCUT2D eigenvalue weighted by Gasteiger charge is 2.24. The summed E-state index contributed by atoms with van der Waals surface area (Å²) in [6, 6.07) is 44.6. The van der Waals surface area contributed by atoms with Crippen molar-refractivity contribution in [1.29, 1.82) is 0 Å². The predicted molar refractivity (Wildman–Crippen MR) is 284 cm³/mol. The van der Waals surface area contributed by atoms with Gasteiger partial charge >= 0.3 is 12.2 Å². The second-order valence-corrected chi connectivity index (χ2v) is 21.5. The van der Waals surface area contributed by atoms with E-state index < -0.39 is 39.5 Å². The second kappa shape index (κ2) is 32.4. The monoisotopic (exact) mass is 1020 g/mol. The van der Waals surface area contributed by atoms with Crippen molar-refractivity contribution in [3.05, 3.63) is 173 Å². The molecule has 16 heteroatoms. The zero-order valence-electron chi connectivity index (χ0n) is 42.5. The van der Waals surface area contributed by atoms with Gasteiger partial charge in [0, 0.05) is 24.8 Å². The third-order valence-electron chi connectivity index (χ3n) is 9.46. The highest BCUT2D eigenvalue weighted by atomic mass is 32.2. The Morgan fingerprint density at radius 2 is 0.930 bits per heavy atom. The molecule has 4 atom stereocenters. The molecule has 388 valence electrons. The van der Waals surface area contributed by atoms with Gasteiger partial charge in [-0.3, -0.25) is 8.98 Å². The summed E-state index contributed by atoms with van der Waals surface area (Å²) in [5, 5.41) is 23.4. The molecule has 5 rings (SSSR count). The Bertz CT molecular complexity index is 2350. The fourth-order valence-corrected chi connectivity index (χ4v) is 7.70. The van der Waals surface area contributed by atoms with E-state index >= 15 is 0 Å². The molecule has 0 unspecified atom stereocenters. The average Bonchev–Trinajstić information content (AvgIpc) is 3.31. The van der Waals surface area contributed by atoms with E-state index in [0.717, 1.165) is 29.5 Å². The number of nitrogens with two attached hydrogens (primary N) is 2. The first-order valence-electron chi connectivity index (χ1n) is 23.4. The van der Waals surface area contributed by atoms with Crippen molar-refractivity contribution in [1.82, 2.24) is 10.6 Å². The van der Waals surface area contributed by atoms with E-state index in [1.165, 1.54) is 35.0 Å². The molecule has 0 bridgehead atoms. The Morgan fingerprint density at radius 1 is 0.563 bits per heavy atom. The van der Waals surface area contributed by atoms with E-state index in [2.05, 4.69) is 22.8 Å². The van der Waals surface area contributed by atoms with Crippen LogP contribution >= 0.6 is 11.8 Å². The highest BCUT2D eigenvalue weighted by molar-refractivity contribution is 8.13. The zero-order chi connectivity index (χ0) is 52.9. The van der Waals surface area contributed by atoms with Crippen molar-refractivity contribution >= 4 is 39.2 Å². The number of hydrogen-bond donors (Lipinski definition) is 6. The van der Waals surface area contributed by atoms with Crippen LogP contribution in [0.4, 0.5) is 9.59 Å². The summed E-state index contributed by atoms with van der Waals surface area (Å²) in [6.45, 7) is 13.9. The van der Waals surface area contributed by atoms with Crippen molar-refractivity contribution in [2.45, 2.75) is 121 Å². The number of thioether (sulfide) groups is 1. The summed E-state index contributed by atoms with van der Waals surface area (Å²) in [6.07, 6.45) is 1.45. The van der Waals surface area contributed by atoms with Gasteiger partial charge < -0.3 is 41.8 Å². The van der Waals surface area contributed by atoms with E-state index in [-0.39, 0.29) is 48.0 Å². The first-order chi connectivity index (χ1) is 33.5. The zero-order valence-corrected chi connectivity index (χ0v) is 44.1. The van der Waals surface area contributed by atoms with Crippen LogP contribution in [0.1, 0.15) is 76.3 Å². The van der Waals surface area contributed by atoms with Crippen molar-refractivity contribution in [3.8, 4) is 0 Å². The number of rotatable bonds is 18. The predicted octanol–water partition coefficient (Wildman–Crippen LogP) is 8.34. The summed E-state index contributed by atoms with van der Waals surface area (Å²) >= 11 is 1.29. The van der Waals surface area contributed by atoms with Crippen LogP contribution in [0.5, 0.6) is 0 Å². The number of carbonyl (C=O) groups excluding carboxylic acids is 3. The van der Waals surface area contributed by atoms with Crippen LogP contribution in [0.25, 0.3) is 0 Å². The van der Waals surface area contributed by atoms with Gasteiger partial charge in [-0.25, -0.2) is 9.59 Å². The smallest absolute Gasteiger partial charge is 0.407 e. The molecule has 0 aliphatic carbocycles. The van der Waals surface area contributed by atoms with Gasteiger partial charge in [-0.15, -0.1) is 0 Å². The van der Waals surface area contributed by atoms with E-state index in [1.807, 2.05) is 116 Å². The molecule has 71 heavy (non-hydrogen) atoms. The number of nitrogens with one attached hydrogen (secondary N) is 2. The van der Waals surface area contributed by atoms with E-state index in [9.17, 15) is 27.9 Å². The number of amides is 2. The van der Waals surface area contributed by atoms with E-state index in [1.54, 1.807) is 60.6 Å². The number of aliphatic hydroxyl groups is 2. The van der Waals surface area contributed by atoms with Gasteiger partial charge in [-0.1, -0.05) is 151 Å². The van der Waals surface area contributed by atoms with Crippen LogP contribution in [0.15, 0.2) is 150 Å². The molecule has 2 amide bonds. The van der Waals surface area contributed by atoms with Crippen LogP contribution < -0.4 is 22.1 Å². The SMILES string of the molecule is CC(=O)SC[C@@H](N)Cc1ccccc1.CC(C)(C)OC(=O)N[C@H](CO)Cc1ccccc1.Cc1ccc(S(=O)(=O)OC[C@H](Cc2ccccc2)NC(=O)OC(C)(C)C)cc1.N[C@H](CO)Cc1ccccc1. The largest absolute Gasteiger partial charge is 0.444 e. The number of carbonyl (C=O) groups is 3. The van der Waals surface area contributed by atoms with Crippen molar-refractivity contribution in [2.24, 2.45) is 11.5 Å². The van der Waals surface area contributed by atoms with Crippen LogP contribution in [0.2, 0.25) is 0 Å². The minimum absolute atomic E-state index is 0.0505. The topological polar surface area (TPSA) is 230 Å². The van der Waals surface area contributed by atoms with Crippen LogP contribution in [-0.2, 0) is 54.3 Å². The molecule has 0 aliphatic rings. The Balaban J connectivity index is 0.000000346. The lowest BCUT2D eigenvalue weighted by Crippen LogP contribution is -2.43. The van der Waals surface area contributed by atoms with Crippen LogP contribution in [-0.4, -0.2) is 96.9 Å². The van der Waals surface area contributed by atoms with Crippen LogP contribution in [0.3, 0.4) is 0 Å². The lowest BCUT2D eigenvalue weighted by molar-refractivity contribution is -0.109. The second-order valence-electron chi connectivity index (χ2n) is 18.7. The van der Waals surface area contributed by atoms with Gasteiger partial charge in [0.2, 0.25) is 0 Å². The molecule has 0 spiro atoms. The summed E-state index contributed by atoms with van der Waals surface area (Å²) in [5.41, 5.74) is 15.6. The number of ether oxygens (including phenoxy) is 2. The maximum absolute atomic E-state index is 12.4. The number of aliphatic hydroxyl groups excluding tert-OH is 2. The van der Waals surface area contributed by atoms with Crippen molar-refractivity contribution < 1.29 is 46.7 Å². The van der Waals surface area contributed by atoms with Crippen molar-refractivity contribution in [2.75, 3.05) is 25.6 Å². The highest BCUT2D eigenvalue weighted by Crippen LogP contribution is 2.16. The standard InChI is InChI=1S/C21H27NO5S.C14H21NO3.C11H15NOS.C9H13NO/c1-16-10-12-19(13-11-16)28(24,25)26-15-18(14-17-8-6-5-7-9-17)22-20(23)27-21(2,3)4;1-14(2,3)18-13(17)15-12(10-16)9-11-7-5-4-6-8-11;1-9(13)14-8-11(12)7-10-5-3-2-4-6-10;10-9(7-11)6-8-4-2-1-3-5-8/h5-13,18H,14-15H2,1-4H3,(H,22,23);4-8,12,16H,9-10H2,1-3H3,(H,15,17);2-6,11H,7-8,12H2,1H3;1-5,9,11H,6-7,10H2/t18-;12-;11-;9-/m0000/s1. The lowest BCUT2D eigenvalue weighted by Gasteiger charge is -2.23. The summed E-state index contributed by atoms with van der Waals surface area (Å²) in [4.78, 5) is 34.5. The minimum Gasteiger partial charge on any atom is -0.444 e. The molecule has 0 aromatic heterocycles. The lowest BCUT2D eigenvalue weighted by atomic mass is 10.1. The molecule has 0 saturated heterocycles. The minimum atomic E-state index is -3.93. The number of benzene rings is 5. The molecule has 0 aliphatic heterocycles.